The average molecular weight is 1780 g/mol. The minimum atomic E-state index is 0.595. The van der Waals surface area contributed by atoms with Crippen LogP contribution >= 0.6 is 0 Å². The van der Waals surface area contributed by atoms with Crippen molar-refractivity contribution in [2.45, 2.75) is 0 Å². The Labute approximate surface area is 799 Å². The number of hydrogen-bond donors (Lipinski definition) is 0. The number of hydrogen-bond acceptors (Lipinski definition) is 12. The number of aromatic nitrogens is 9. The Hall–Kier alpha value is -18.9. The highest BCUT2D eigenvalue weighted by Gasteiger charge is 2.23. The van der Waals surface area contributed by atoms with E-state index in [0.29, 0.717) is 52.4 Å². The zero-order chi connectivity index (χ0) is 92.1. The van der Waals surface area contributed by atoms with Crippen molar-refractivity contribution >= 4 is 109 Å². The molecule has 21 aromatic carbocycles. The molecule has 0 aliphatic carbocycles. The number of furan rings is 3. The molecule has 650 valence electrons. The molecule has 27 rings (SSSR count). The molecule has 0 N–H and O–H groups in total. The van der Waals surface area contributed by atoms with Crippen molar-refractivity contribution in [3.63, 3.8) is 0 Å². The number of para-hydroxylation sites is 2. The maximum Gasteiger partial charge on any atom is 0.164 e. The molecule has 0 fully saturated rings. The van der Waals surface area contributed by atoms with Gasteiger partial charge in [0.25, 0.3) is 0 Å². The van der Waals surface area contributed by atoms with Gasteiger partial charge in [0.05, 0.1) is 0 Å². The van der Waals surface area contributed by atoms with Crippen molar-refractivity contribution in [3.05, 3.63) is 479 Å². The second-order valence-electron chi connectivity index (χ2n) is 34.7. The third-order valence-electron chi connectivity index (χ3n) is 26.0. The van der Waals surface area contributed by atoms with E-state index < -0.39 is 0 Å². The van der Waals surface area contributed by atoms with Gasteiger partial charge in [-0.05, 0) is 184 Å². The summed E-state index contributed by atoms with van der Waals surface area (Å²) in [6, 6.07) is 165. The number of fused-ring (bicyclic) bond motifs is 13. The summed E-state index contributed by atoms with van der Waals surface area (Å²) >= 11 is 0. The van der Waals surface area contributed by atoms with Gasteiger partial charge in [-0.3, -0.25) is 0 Å². The summed E-state index contributed by atoms with van der Waals surface area (Å²) in [6.45, 7) is 0. The van der Waals surface area contributed by atoms with Crippen molar-refractivity contribution in [2.75, 3.05) is 0 Å². The van der Waals surface area contributed by atoms with Crippen LogP contribution in [0.4, 0.5) is 0 Å². The van der Waals surface area contributed by atoms with Gasteiger partial charge in [0.15, 0.2) is 52.4 Å². The second kappa shape index (κ2) is 35.6. The molecule has 0 atom stereocenters. The van der Waals surface area contributed by atoms with Gasteiger partial charge in [-0.25, -0.2) is 44.9 Å². The SMILES string of the molecule is c1ccc(-c2ccc(-c3nc(-c4ccc(-c5ccc6ccccc6c5)cc4)nc(-c4ccc5c(c4)oc4ccccc45)n3)cc2)cc1.c1ccc(-c2ccc(-c3nc(-c4ccc(-c5ccc6ccccc6c5)cc4)nc(-c4cccc5oc6ccccc6c45)n3)cc2)cc1.c1ccc(-c2nc(-c3ccc4ccccc4c3)nc(-c3ccc4oc5cc(-c6ccc7ccccc7c6)ccc5c4c3)n2)cc1. The number of rotatable bonds is 14. The molecule has 0 amide bonds. The molecule has 27 aromatic rings. The van der Waals surface area contributed by atoms with E-state index in [2.05, 4.69) is 370 Å². The van der Waals surface area contributed by atoms with Gasteiger partial charge >= 0.3 is 0 Å². The Kier molecular flexibility index (Phi) is 21.0. The van der Waals surface area contributed by atoms with E-state index >= 15 is 0 Å². The predicted octanol–water partition coefficient (Wildman–Crippen LogP) is 33.3. The largest absolute Gasteiger partial charge is 0.456 e. The molecule has 12 heteroatoms. The van der Waals surface area contributed by atoms with Crippen LogP contribution in [0.3, 0.4) is 0 Å². The summed E-state index contributed by atoms with van der Waals surface area (Å²) in [5.41, 5.74) is 24.8. The van der Waals surface area contributed by atoms with Crippen molar-refractivity contribution in [2.24, 2.45) is 0 Å². The lowest BCUT2D eigenvalue weighted by molar-refractivity contribution is 0.668. The van der Waals surface area contributed by atoms with Gasteiger partial charge in [-0.2, -0.15) is 0 Å². The Morgan fingerprint density at radius 1 is 0.115 bits per heavy atom. The van der Waals surface area contributed by atoms with E-state index in [4.69, 9.17) is 58.1 Å². The lowest BCUT2D eigenvalue weighted by Crippen LogP contribution is -2.00. The molecular formula is C127H79N9O3. The van der Waals surface area contributed by atoms with E-state index in [0.717, 1.165) is 155 Å². The first kappa shape index (κ1) is 82.0. The molecule has 0 aliphatic rings. The fraction of sp³-hybridized carbons (Fsp3) is 0. The minimum Gasteiger partial charge on any atom is -0.456 e. The Bertz CT molecular complexity index is 9370. The third-order valence-corrected chi connectivity index (χ3v) is 26.0. The molecule has 0 bridgehead atoms. The van der Waals surface area contributed by atoms with Crippen molar-refractivity contribution in [1.82, 2.24) is 44.9 Å². The van der Waals surface area contributed by atoms with Crippen molar-refractivity contribution in [1.29, 1.82) is 0 Å². The molecule has 0 spiro atoms. The Morgan fingerprint density at radius 2 is 0.353 bits per heavy atom. The average Bonchev–Trinajstić information content (AvgIpc) is 1.63. The zero-order valence-electron chi connectivity index (χ0n) is 74.9. The summed E-state index contributed by atoms with van der Waals surface area (Å²) < 4.78 is 18.8. The van der Waals surface area contributed by atoms with Gasteiger partial charge in [0, 0.05) is 82.4 Å². The van der Waals surface area contributed by atoms with Crippen LogP contribution in [-0.4, -0.2) is 44.9 Å². The molecule has 6 heterocycles. The fourth-order valence-corrected chi connectivity index (χ4v) is 18.7. The van der Waals surface area contributed by atoms with E-state index in [1.807, 2.05) is 109 Å². The van der Waals surface area contributed by atoms with Crippen LogP contribution in [-0.2, 0) is 0 Å². The first-order valence-electron chi connectivity index (χ1n) is 46.4. The summed E-state index contributed by atoms with van der Waals surface area (Å²) in [7, 11) is 0. The topological polar surface area (TPSA) is 155 Å². The first-order chi connectivity index (χ1) is 68.8. The highest BCUT2D eigenvalue weighted by atomic mass is 16.3. The highest BCUT2D eigenvalue weighted by Crippen LogP contribution is 2.42. The lowest BCUT2D eigenvalue weighted by Gasteiger charge is -2.10. The quantitative estimate of drug-likeness (QED) is 0.102. The predicted molar refractivity (Wildman–Crippen MR) is 567 cm³/mol. The number of nitrogens with zero attached hydrogens (tertiary/aromatic N) is 9. The molecule has 0 radical (unpaired) electrons. The maximum absolute atomic E-state index is 6.37. The van der Waals surface area contributed by atoms with Gasteiger partial charge in [0.2, 0.25) is 0 Å². The van der Waals surface area contributed by atoms with Gasteiger partial charge in [-0.1, -0.05) is 394 Å². The molecule has 0 unspecified atom stereocenters. The maximum atomic E-state index is 6.37. The van der Waals surface area contributed by atoms with Gasteiger partial charge < -0.3 is 13.3 Å². The zero-order valence-corrected chi connectivity index (χ0v) is 74.9. The molecule has 0 saturated heterocycles. The molecular weight excluding hydrogens is 1700 g/mol. The van der Waals surface area contributed by atoms with Crippen molar-refractivity contribution < 1.29 is 13.3 Å². The van der Waals surface area contributed by atoms with Crippen LogP contribution in [0.1, 0.15) is 0 Å². The van der Waals surface area contributed by atoms with Crippen LogP contribution < -0.4 is 0 Å². The fourth-order valence-electron chi connectivity index (χ4n) is 18.7. The summed E-state index contributed by atoms with van der Waals surface area (Å²) in [5, 5.41) is 16.0. The molecule has 12 nitrogen and oxygen atoms in total. The summed E-state index contributed by atoms with van der Waals surface area (Å²) in [6.07, 6.45) is 0. The first-order valence-corrected chi connectivity index (χ1v) is 46.4. The smallest absolute Gasteiger partial charge is 0.164 e. The minimum absolute atomic E-state index is 0.595. The Morgan fingerprint density at radius 3 is 0.799 bits per heavy atom. The standard InChI is InChI=1S/2C43H27N3O.C41H25N3O/c1-2-9-28(10-3-1)30-17-22-32(23-18-30)41-44-42(33-24-19-31(20-25-33)35-26-21-29-11-4-5-12-34(29)27-35)46-43(45-41)37-14-8-16-39-40(37)36-13-6-7-15-38(36)47-39;1-2-8-28(9-3-1)30-14-19-32(20-15-30)41-44-42(33-21-16-31(17-22-33)35-23-18-29-10-4-5-11-34(29)26-35)46-43(45-41)36-24-25-38-37-12-6-7-13-39(37)47-40(38)27-36;1-2-10-28(11-3-1)39-42-40(33-17-15-27-9-5-7-13-30(27)23-33)44-41(43-39)34-19-21-37-36(24-34)35-20-18-32(25-38(35)45-37)31-16-14-26-8-4-6-12-29(26)22-31/h2*1-27H;1-25H. The number of benzene rings is 21. The van der Waals surface area contributed by atoms with Crippen molar-refractivity contribution in [3.8, 4) is 158 Å². The van der Waals surface area contributed by atoms with Crippen LogP contribution in [0.15, 0.2) is 492 Å². The molecule has 0 aliphatic heterocycles. The van der Waals surface area contributed by atoms with E-state index in [9.17, 15) is 0 Å². The second-order valence-corrected chi connectivity index (χ2v) is 34.7. The van der Waals surface area contributed by atoms with Gasteiger partial charge in [-0.15, -0.1) is 0 Å². The van der Waals surface area contributed by atoms with Crippen LogP contribution in [0.25, 0.3) is 267 Å². The highest BCUT2D eigenvalue weighted by molar-refractivity contribution is 6.13. The molecule has 0 saturated carbocycles. The van der Waals surface area contributed by atoms with E-state index in [1.165, 1.54) is 60.0 Å². The summed E-state index contributed by atoms with van der Waals surface area (Å²) in [5.74, 6) is 5.57. The molecule has 6 aromatic heterocycles. The Balaban J connectivity index is 0.000000110. The van der Waals surface area contributed by atoms with Gasteiger partial charge in [0.1, 0.15) is 33.5 Å². The molecule has 139 heavy (non-hydrogen) atoms. The lowest BCUT2D eigenvalue weighted by atomic mass is 10.00. The summed E-state index contributed by atoms with van der Waals surface area (Å²) in [4.78, 5) is 45.1. The van der Waals surface area contributed by atoms with E-state index in [1.54, 1.807) is 0 Å². The third kappa shape index (κ3) is 16.3. The van der Waals surface area contributed by atoms with E-state index in [-0.39, 0.29) is 0 Å². The van der Waals surface area contributed by atoms with Crippen LogP contribution in [0, 0.1) is 0 Å². The monoisotopic (exact) mass is 1780 g/mol. The van der Waals surface area contributed by atoms with Crippen LogP contribution in [0.5, 0.6) is 0 Å². The van der Waals surface area contributed by atoms with Crippen LogP contribution in [0.2, 0.25) is 0 Å². The normalized spacial score (nSPS) is 11.5.